The molecule has 0 aliphatic rings. The Bertz CT molecular complexity index is 665. The average Bonchev–Trinajstić information content (AvgIpc) is 2.83. The monoisotopic (exact) mass is 300 g/mol. The van der Waals surface area contributed by atoms with Crippen molar-refractivity contribution in [1.29, 1.82) is 0 Å². The van der Waals surface area contributed by atoms with Crippen LogP contribution in [0.4, 0.5) is 13.2 Å². The van der Waals surface area contributed by atoms with Gasteiger partial charge in [0.25, 0.3) is 0 Å². The van der Waals surface area contributed by atoms with Gasteiger partial charge >= 0.3 is 12.3 Å². The van der Waals surface area contributed by atoms with Crippen molar-refractivity contribution in [2.75, 3.05) is 7.11 Å². The number of halogens is 3. The van der Waals surface area contributed by atoms with E-state index >= 15 is 0 Å². The topological polar surface area (TPSA) is 53.4 Å². The van der Waals surface area contributed by atoms with Crippen LogP contribution in [0.1, 0.15) is 10.4 Å². The molecule has 0 bridgehead atoms. The molecule has 0 atom stereocenters. The Hall–Kier alpha value is -2.51. The van der Waals surface area contributed by atoms with Gasteiger partial charge in [-0.2, -0.15) is 5.10 Å². The second-order valence-corrected chi connectivity index (χ2v) is 4.12. The quantitative estimate of drug-likeness (QED) is 0.818. The molecule has 5 nitrogen and oxygen atoms in total. The van der Waals surface area contributed by atoms with E-state index in [1.165, 1.54) is 30.0 Å². The highest BCUT2D eigenvalue weighted by atomic mass is 19.4. The average molecular weight is 300 g/mol. The molecule has 1 aromatic heterocycles. The lowest BCUT2D eigenvalue weighted by molar-refractivity contribution is -0.274. The van der Waals surface area contributed by atoms with Gasteiger partial charge in [-0.15, -0.1) is 13.2 Å². The molecule has 0 spiro atoms. The third kappa shape index (κ3) is 3.53. The normalized spacial score (nSPS) is 11.3. The minimum absolute atomic E-state index is 0.0517. The van der Waals surface area contributed by atoms with Crippen molar-refractivity contribution in [1.82, 2.24) is 9.78 Å². The number of hydrogen-bond donors (Lipinski definition) is 0. The van der Waals surface area contributed by atoms with Crippen LogP contribution in [0.25, 0.3) is 11.3 Å². The molecule has 1 aromatic carbocycles. The van der Waals surface area contributed by atoms with E-state index in [0.717, 1.165) is 6.07 Å². The van der Waals surface area contributed by atoms with Gasteiger partial charge in [0, 0.05) is 18.8 Å². The zero-order valence-electron chi connectivity index (χ0n) is 11.1. The van der Waals surface area contributed by atoms with Crippen molar-refractivity contribution in [2.24, 2.45) is 7.05 Å². The molecule has 0 saturated carbocycles. The summed E-state index contributed by atoms with van der Waals surface area (Å²) in [6.45, 7) is 0. The van der Waals surface area contributed by atoms with Crippen LogP contribution in [-0.4, -0.2) is 29.2 Å². The Labute approximate surface area is 117 Å². The van der Waals surface area contributed by atoms with E-state index in [9.17, 15) is 18.0 Å². The Morgan fingerprint density at radius 1 is 1.29 bits per heavy atom. The van der Waals surface area contributed by atoms with E-state index in [1.807, 2.05) is 0 Å². The lowest BCUT2D eigenvalue weighted by Gasteiger charge is -2.13. The predicted molar refractivity (Wildman–Crippen MR) is 66.7 cm³/mol. The van der Waals surface area contributed by atoms with Crippen LogP contribution in [0, 0.1) is 0 Å². The van der Waals surface area contributed by atoms with Crippen molar-refractivity contribution in [3.8, 4) is 17.0 Å². The van der Waals surface area contributed by atoms with E-state index in [1.54, 1.807) is 13.2 Å². The number of nitrogens with zero attached hydrogens (tertiary/aromatic N) is 2. The highest BCUT2D eigenvalue weighted by Gasteiger charge is 2.32. The number of ether oxygens (including phenoxy) is 2. The molecule has 0 N–H and O–H groups in total. The summed E-state index contributed by atoms with van der Waals surface area (Å²) in [5.41, 5.74) is 0.408. The van der Waals surface area contributed by atoms with Crippen LogP contribution in [0.15, 0.2) is 30.5 Å². The van der Waals surface area contributed by atoms with Crippen molar-refractivity contribution in [3.63, 3.8) is 0 Å². The van der Waals surface area contributed by atoms with Crippen LogP contribution in [0.3, 0.4) is 0 Å². The Balaban J connectivity index is 2.52. The van der Waals surface area contributed by atoms with Gasteiger partial charge < -0.3 is 9.47 Å². The van der Waals surface area contributed by atoms with Gasteiger partial charge in [-0.1, -0.05) is 0 Å². The number of esters is 1. The number of benzene rings is 1. The fourth-order valence-corrected chi connectivity index (χ4v) is 1.75. The Kier molecular flexibility index (Phi) is 3.88. The first-order valence-corrected chi connectivity index (χ1v) is 5.78. The number of aromatic nitrogens is 2. The molecule has 0 unspecified atom stereocenters. The maximum absolute atomic E-state index is 12.4. The first kappa shape index (κ1) is 14.9. The molecular formula is C13H11F3N2O3. The third-order valence-corrected chi connectivity index (χ3v) is 2.62. The number of hydrogen-bond acceptors (Lipinski definition) is 4. The van der Waals surface area contributed by atoms with Crippen molar-refractivity contribution in [2.45, 2.75) is 6.36 Å². The molecule has 0 saturated heterocycles. The molecule has 0 fully saturated rings. The molecule has 2 aromatic rings. The fourth-order valence-electron chi connectivity index (χ4n) is 1.75. The highest BCUT2D eigenvalue weighted by Crippen LogP contribution is 2.33. The number of methoxy groups -OCH3 is 1. The Morgan fingerprint density at radius 3 is 2.52 bits per heavy atom. The first-order valence-electron chi connectivity index (χ1n) is 5.78. The lowest BCUT2D eigenvalue weighted by atomic mass is 10.1. The van der Waals surface area contributed by atoms with Gasteiger partial charge in [-0.25, -0.2) is 4.79 Å². The summed E-state index contributed by atoms with van der Waals surface area (Å²) in [7, 11) is 2.81. The van der Waals surface area contributed by atoms with Crippen molar-refractivity contribution < 1.29 is 27.4 Å². The maximum atomic E-state index is 12.4. The number of carbonyl (C=O) groups is 1. The second kappa shape index (κ2) is 5.47. The summed E-state index contributed by atoms with van der Waals surface area (Å²) in [6, 6.07) is 5.01. The predicted octanol–water partition coefficient (Wildman–Crippen LogP) is 2.77. The summed E-state index contributed by atoms with van der Waals surface area (Å²) in [6.07, 6.45) is -3.27. The lowest BCUT2D eigenvalue weighted by Crippen LogP contribution is -2.18. The summed E-state index contributed by atoms with van der Waals surface area (Å²) in [5, 5.41) is 4.02. The summed E-state index contributed by atoms with van der Waals surface area (Å²) < 4.78 is 47.2. The standard InChI is InChI=1S/C13H11F3N2O3/c1-18-6-5-10(17-18)9-7-8(12(19)20-2)3-4-11(9)21-13(14,15)16/h3-7H,1-2H3. The summed E-state index contributed by atoms with van der Waals surface area (Å²) >= 11 is 0. The second-order valence-electron chi connectivity index (χ2n) is 4.12. The molecule has 0 aliphatic carbocycles. The molecular weight excluding hydrogens is 289 g/mol. The number of alkyl halides is 3. The molecule has 21 heavy (non-hydrogen) atoms. The molecule has 2 rings (SSSR count). The summed E-state index contributed by atoms with van der Waals surface area (Å²) in [5.74, 6) is -1.10. The van der Waals surface area contributed by atoms with E-state index in [4.69, 9.17) is 0 Å². The van der Waals surface area contributed by atoms with E-state index in [0.29, 0.717) is 0 Å². The van der Waals surface area contributed by atoms with E-state index < -0.39 is 18.1 Å². The maximum Gasteiger partial charge on any atom is 0.573 e. The number of rotatable bonds is 3. The highest BCUT2D eigenvalue weighted by molar-refractivity contribution is 5.91. The molecule has 0 aliphatic heterocycles. The van der Waals surface area contributed by atoms with Crippen LogP contribution in [-0.2, 0) is 11.8 Å². The SMILES string of the molecule is COC(=O)c1ccc(OC(F)(F)F)c(-c2ccn(C)n2)c1. The molecule has 112 valence electrons. The summed E-state index contributed by atoms with van der Waals surface area (Å²) in [4.78, 5) is 11.5. The third-order valence-electron chi connectivity index (χ3n) is 2.62. The Morgan fingerprint density at radius 2 is 2.00 bits per heavy atom. The number of aryl methyl sites for hydroxylation is 1. The van der Waals surface area contributed by atoms with Crippen molar-refractivity contribution in [3.05, 3.63) is 36.0 Å². The van der Waals surface area contributed by atoms with Crippen LogP contribution >= 0.6 is 0 Å². The van der Waals surface area contributed by atoms with E-state index in [2.05, 4.69) is 14.6 Å². The molecule has 0 amide bonds. The minimum atomic E-state index is -4.84. The van der Waals surface area contributed by atoms with Gasteiger partial charge in [0.05, 0.1) is 18.4 Å². The minimum Gasteiger partial charge on any atom is -0.465 e. The first-order chi connectivity index (χ1) is 9.80. The van der Waals surface area contributed by atoms with Crippen LogP contribution in [0.5, 0.6) is 5.75 Å². The molecule has 8 heteroatoms. The molecule has 0 radical (unpaired) electrons. The van der Waals surface area contributed by atoms with Crippen molar-refractivity contribution >= 4 is 5.97 Å². The molecule has 1 heterocycles. The fraction of sp³-hybridized carbons (Fsp3) is 0.231. The largest absolute Gasteiger partial charge is 0.573 e. The van der Waals surface area contributed by atoms with Gasteiger partial charge in [0.1, 0.15) is 5.75 Å². The van der Waals surface area contributed by atoms with Gasteiger partial charge in [0.15, 0.2) is 0 Å². The smallest absolute Gasteiger partial charge is 0.465 e. The van der Waals surface area contributed by atoms with Gasteiger partial charge in [-0.05, 0) is 24.3 Å². The van der Waals surface area contributed by atoms with Crippen LogP contribution in [0.2, 0.25) is 0 Å². The van der Waals surface area contributed by atoms with Crippen LogP contribution < -0.4 is 4.74 Å². The zero-order chi connectivity index (χ0) is 15.6. The number of carbonyl (C=O) groups excluding carboxylic acids is 1. The zero-order valence-corrected chi connectivity index (χ0v) is 11.1. The van der Waals surface area contributed by atoms with Gasteiger partial charge in [-0.3, -0.25) is 4.68 Å². The van der Waals surface area contributed by atoms with Gasteiger partial charge in [0.2, 0.25) is 0 Å². The van der Waals surface area contributed by atoms with E-state index in [-0.39, 0.29) is 16.8 Å².